The van der Waals surface area contributed by atoms with Gasteiger partial charge in [0, 0.05) is 18.7 Å². The van der Waals surface area contributed by atoms with E-state index in [-0.39, 0.29) is 5.92 Å². The Labute approximate surface area is 183 Å². The third kappa shape index (κ3) is 3.66. The molecule has 3 aromatic heterocycles. The highest BCUT2D eigenvalue weighted by atomic mass is 19.2. The second-order valence-electron chi connectivity index (χ2n) is 7.59. The maximum Gasteiger partial charge on any atom is 0.238 e. The lowest BCUT2D eigenvalue weighted by molar-refractivity contribution is 0.395. The minimum atomic E-state index is -0.853. The Balaban J connectivity index is 1.38. The first kappa shape index (κ1) is 20.0. The number of hydrogen-bond acceptors (Lipinski definition) is 5. The lowest BCUT2D eigenvalue weighted by Gasteiger charge is -2.08. The second kappa shape index (κ2) is 7.99. The monoisotopic (exact) mass is 434 g/mol. The van der Waals surface area contributed by atoms with Crippen LogP contribution in [0.15, 0.2) is 42.9 Å². The highest BCUT2D eigenvalue weighted by Crippen LogP contribution is 2.33. The van der Waals surface area contributed by atoms with Crippen LogP contribution in [0.1, 0.15) is 40.9 Å². The van der Waals surface area contributed by atoms with Crippen molar-refractivity contribution in [3.05, 3.63) is 83.1 Å². The zero-order chi connectivity index (χ0) is 22.2. The molecule has 1 aliphatic rings. The largest absolute Gasteiger partial charge is 0.479 e. The van der Waals surface area contributed by atoms with Crippen molar-refractivity contribution in [2.45, 2.75) is 25.8 Å². The fourth-order valence-corrected chi connectivity index (χ4v) is 3.89. The number of benzene rings is 1. The van der Waals surface area contributed by atoms with Crippen molar-refractivity contribution >= 4 is 12.2 Å². The fourth-order valence-electron chi connectivity index (χ4n) is 3.89. The van der Waals surface area contributed by atoms with Gasteiger partial charge in [-0.2, -0.15) is 5.10 Å². The van der Waals surface area contributed by atoms with E-state index in [0.29, 0.717) is 29.5 Å². The number of aryl methyl sites for hydroxylation is 2. The number of aromatic nitrogens is 6. The molecule has 9 heteroatoms. The van der Waals surface area contributed by atoms with Crippen molar-refractivity contribution in [1.82, 2.24) is 29.3 Å². The van der Waals surface area contributed by atoms with Crippen LogP contribution in [0.4, 0.5) is 8.78 Å². The lowest BCUT2D eigenvalue weighted by atomic mass is 9.97. The number of nitrogens with zero attached hydrogens (tertiary/aromatic N) is 6. The van der Waals surface area contributed by atoms with Crippen molar-refractivity contribution in [2.75, 3.05) is 7.11 Å². The summed E-state index contributed by atoms with van der Waals surface area (Å²) in [4.78, 5) is 13.4. The summed E-state index contributed by atoms with van der Waals surface area (Å²) in [6.45, 7) is 2.59. The Hall–Kier alpha value is -3.88. The van der Waals surface area contributed by atoms with Gasteiger partial charge in [-0.05, 0) is 55.3 Å². The van der Waals surface area contributed by atoms with Gasteiger partial charge in [0.2, 0.25) is 5.88 Å². The van der Waals surface area contributed by atoms with Crippen LogP contribution in [0.5, 0.6) is 5.88 Å². The molecular weight excluding hydrogens is 414 g/mol. The normalized spacial score (nSPS) is 15.4. The van der Waals surface area contributed by atoms with E-state index >= 15 is 0 Å². The predicted molar refractivity (Wildman–Crippen MR) is 114 cm³/mol. The van der Waals surface area contributed by atoms with Crippen molar-refractivity contribution in [3.63, 3.8) is 0 Å². The molecule has 1 atom stereocenters. The molecule has 0 aliphatic carbocycles. The predicted octanol–water partition coefficient (Wildman–Crippen LogP) is 4.16. The van der Waals surface area contributed by atoms with Crippen molar-refractivity contribution in [3.8, 4) is 11.6 Å². The van der Waals surface area contributed by atoms with Crippen LogP contribution in [0.25, 0.3) is 17.8 Å². The molecule has 0 radical (unpaired) electrons. The van der Waals surface area contributed by atoms with Gasteiger partial charge in [0.1, 0.15) is 11.5 Å². The van der Waals surface area contributed by atoms with Crippen molar-refractivity contribution < 1.29 is 13.5 Å². The average molecular weight is 434 g/mol. The Morgan fingerprint density at radius 3 is 2.72 bits per heavy atom. The second-order valence-corrected chi connectivity index (χ2v) is 7.59. The SMILES string of the molecule is COc1nc(C=Cc2nc3n(n2)CCC3c2ccc(F)c(F)c2)ccc1-n1cnc(C)c1. The van der Waals surface area contributed by atoms with Gasteiger partial charge in [0.05, 0.1) is 24.8 Å². The van der Waals surface area contributed by atoms with Gasteiger partial charge >= 0.3 is 0 Å². The van der Waals surface area contributed by atoms with E-state index in [1.165, 1.54) is 6.07 Å². The van der Waals surface area contributed by atoms with Crippen LogP contribution in [0.3, 0.4) is 0 Å². The maximum atomic E-state index is 13.7. The molecule has 4 heterocycles. The van der Waals surface area contributed by atoms with E-state index in [1.54, 1.807) is 25.6 Å². The van der Waals surface area contributed by atoms with E-state index in [0.717, 1.165) is 29.7 Å². The molecule has 0 saturated heterocycles. The first-order valence-corrected chi connectivity index (χ1v) is 10.2. The minimum Gasteiger partial charge on any atom is -0.479 e. The van der Waals surface area contributed by atoms with Gasteiger partial charge in [-0.3, -0.25) is 0 Å². The molecule has 1 aromatic carbocycles. The van der Waals surface area contributed by atoms with Crippen molar-refractivity contribution in [1.29, 1.82) is 0 Å². The number of halogens is 2. The van der Waals surface area contributed by atoms with Crippen LogP contribution >= 0.6 is 0 Å². The van der Waals surface area contributed by atoms with E-state index in [4.69, 9.17) is 4.74 Å². The van der Waals surface area contributed by atoms with Gasteiger partial charge in [0.15, 0.2) is 17.5 Å². The van der Waals surface area contributed by atoms with Gasteiger partial charge in [-0.25, -0.2) is 28.4 Å². The third-order valence-corrected chi connectivity index (χ3v) is 5.45. The number of hydrogen-bond donors (Lipinski definition) is 0. The summed E-state index contributed by atoms with van der Waals surface area (Å²) >= 11 is 0. The molecule has 0 N–H and O–H groups in total. The first-order chi connectivity index (χ1) is 15.5. The molecule has 1 unspecified atom stereocenters. The van der Waals surface area contributed by atoms with E-state index < -0.39 is 11.6 Å². The summed E-state index contributed by atoms with van der Waals surface area (Å²) in [5, 5.41) is 4.51. The Kier molecular flexibility index (Phi) is 5.01. The van der Waals surface area contributed by atoms with Crippen molar-refractivity contribution in [2.24, 2.45) is 0 Å². The zero-order valence-corrected chi connectivity index (χ0v) is 17.5. The van der Waals surface area contributed by atoms with Gasteiger partial charge in [-0.15, -0.1) is 0 Å². The smallest absolute Gasteiger partial charge is 0.238 e. The number of rotatable bonds is 5. The highest BCUT2D eigenvalue weighted by Gasteiger charge is 2.28. The van der Waals surface area contributed by atoms with Gasteiger partial charge < -0.3 is 9.30 Å². The molecule has 0 bridgehead atoms. The van der Waals surface area contributed by atoms with E-state index in [9.17, 15) is 8.78 Å². The zero-order valence-electron chi connectivity index (χ0n) is 17.5. The number of pyridine rings is 1. The Morgan fingerprint density at radius 2 is 1.97 bits per heavy atom. The minimum absolute atomic E-state index is 0.115. The molecular formula is C23H20F2N6O. The molecule has 0 spiro atoms. The lowest BCUT2D eigenvalue weighted by Crippen LogP contribution is -2.00. The molecule has 0 fully saturated rings. The number of imidazole rings is 1. The average Bonchev–Trinajstić information content (AvgIpc) is 3.50. The highest BCUT2D eigenvalue weighted by molar-refractivity contribution is 5.65. The van der Waals surface area contributed by atoms with Crippen LogP contribution in [0, 0.1) is 18.6 Å². The van der Waals surface area contributed by atoms with E-state index in [2.05, 4.69) is 20.1 Å². The number of methoxy groups -OCH3 is 1. The van der Waals surface area contributed by atoms with Gasteiger partial charge in [0.25, 0.3) is 0 Å². The quantitative estimate of drug-likeness (QED) is 0.472. The summed E-state index contributed by atoms with van der Waals surface area (Å²) in [6.07, 6.45) is 7.94. The van der Waals surface area contributed by atoms with Crippen LogP contribution in [0.2, 0.25) is 0 Å². The van der Waals surface area contributed by atoms with E-state index in [1.807, 2.05) is 40.6 Å². The van der Waals surface area contributed by atoms with Crippen LogP contribution < -0.4 is 4.74 Å². The number of ether oxygens (including phenoxy) is 1. The van der Waals surface area contributed by atoms with Crippen LogP contribution in [-0.2, 0) is 6.54 Å². The molecule has 162 valence electrons. The summed E-state index contributed by atoms with van der Waals surface area (Å²) in [5.74, 6) is -0.0719. The molecule has 32 heavy (non-hydrogen) atoms. The number of fused-ring (bicyclic) bond motifs is 1. The van der Waals surface area contributed by atoms with Crippen LogP contribution in [-0.4, -0.2) is 36.4 Å². The molecule has 0 saturated carbocycles. The molecule has 4 aromatic rings. The fraction of sp³-hybridized carbons (Fsp3) is 0.217. The van der Waals surface area contributed by atoms with Gasteiger partial charge in [-0.1, -0.05) is 6.07 Å². The summed E-state index contributed by atoms with van der Waals surface area (Å²) < 4.78 is 36.1. The first-order valence-electron chi connectivity index (χ1n) is 10.2. The summed E-state index contributed by atoms with van der Waals surface area (Å²) in [7, 11) is 1.57. The maximum absolute atomic E-state index is 13.7. The molecule has 5 rings (SSSR count). The molecule has 7 nitrogen and oxygen atoms in total. The molecule has 0 amide bonds. The Morgan fingerprint density at radius 1 is 1.09 bits per heavy atom. The summed E-state index contributed by atoms with van der Waals surface area (Å²) in [5.41, 5.74) is 3.08. The topological polar surface area (TPSA) is 70.7 Å². The third-order valence-electron chi connectivity index (χ3n) is 5.45. The Bertz CT molecular complexity index is 1330. The summed E-state index contributed by atoms with van der Waals surface area (Å²) in [6, 6.07) is 7.77. The standard InChI is InChI=1S/C23H20F2N6O/c1-14-12-30(13-26-14)20-7-4-16(27-23(20)32-2)5-8-21-28-22-17(9-10-31(22)29-21)15-3-6-18(24)19(25)11-15/h3-8,11-13,17H,9-10H2,1-2H3. The molecule has 1 aliphatic heterocycles.